The number of amides is 2. The number of Topliss-reactive ketones (excluding diaryl/α,β-unsaturated/α-hetero) is 1. The quantitative estimate of drug-likeness (QED) is 0.342. The van der Waals surface area contributed by atoms with Gasteiger partial charge in [0.15, 0.2) is 6.04 Å². The van der Waals surface area contributed by atoms with Crippen molar-refractivity contribution in [2.75, 3.05) is 13.1 Å². The summed E-state index contributed by atoms with van der Waals surface area (Å²) in [5.41, 5.74) is 0. The van der Waals surface area contributed by atoms with E-state index >= 15 is 0 Å². The minimum absolute atomic E-state index is 0.253. The van der Waals surface area contributed by atoms with E-state index in [0.29, 0.717) is 13.1 Å². The van der Waals surface area contributed by atoms with Crippen molar-refractivity contribution in [1.82, 2.24) is 15.5 Å². The molecular weight excluding hydrogens is 186 g/mol. The van der Waals surface area contributed by atoms with Crippen molar-refractivity contribution in [3.05, 3.63) is 0 Å². The maximum atomic E-state index is 11.4. The van der Waals surface area contributed by atoms with Crippen LogP contribution in [0.25, 0.3) is 0 Å². The number of rotatable bonds is 0. The van der Waals surface area contributed by atoms with Crippen LogP contribution in [0, 0.1) is 0 Å². The van der Waals surface area contributed by atoms with Gasteiger partial charge >= 0.3 is 0 Å². The van der Waals surface area contributed by atoms with Crippen molar-refractivity contribution in [3.63, 3.8) is 0 Å². The number of hydrogen-bond acceptors (Lipinski definition) is 4. The molecule has 2 rings (SSSR count). The van der Waals surface area contributed by atoms with Gasteiger partial charge in [-0.05, 0) is 6.92 Å². The highest BCUT2D eigenvalue weighted by Gasteiger charge is 2.45. The van der Waals surface area contributed by atoms with Crippen molar-refractivity contribution in [3.8, 4) is 0 Å². The summed E-state index contributed by atoms with van der Waals surface area (Å²) < 4.78 is 0. The Morgan fingerprint density at radius 1 is 1.36 bits per heavy atom. The molecule has 2 heterocycles. The van der Waals surface area contributed by atoms with Crippen LogP contribution in [0.5, 0.6) is 0 Å². The third-order valence-corrected chi connectivity index (χ3v) is 2.56. The predicted octanol–water partition coefficient (Wildman–Crippen LogP) is -2.17. The predicted molar refractivity (Wildman–Crippen MR) is 46.1 cm³/mol. The van der Waals surface area contributed by atoms with Crippen LogP contribution in [0.2, 0.25) is 0 Å². The lowest BCUT2D eigenvalue weighted by molar-refractivity contribution is -0.154. The molecule has 2 unspecified atom stereocenters. The minimum Gasteiger partial charge on any atom is -0.353 e. The third-order valence-electron chi connectivity index (χ3n) is 2.56. The molecule has 6 nitrogen and oxygen atoms in total. The van der Waals surface area contributed by atoms with Crippen molar-refractivity contribution in [2.24, 2.45) is 0 Å². The second kappa shape index (κ2) is 3.06. The van der Waals surface area contributed by atoms with Gasteiger partial charge in [0.25, 0.3) is 5.91 Å². The summed E-state index contributed by atoms with van der Waals surface area (Å²) >= 11 is 0. The number of hydrogen-bond donors (Lipinski definition) is 2. The first-order valence-electron chi connectivity index (χ1n) is 4.49. The van der Waals surface area contributed by atoms with Gasteiger partial charge in [0.2, 0.25) is 11.7 Å². The molecule has 2 aliphatic rings. The lowest BCUT2D eigenvalue weighted by atomic mass is 10.0. The molecule has 0 saturated carbocycles. The summed E-state index contributed by atoms with van der Waals surface area (Å²) in [6, 6.07) is -0.924. The SMILES string of the molecule is CC1NC(=O)C(=O)C2C(=O)NCCN12. The molecule has 2 fully saturated rings. The van der Waals surface area contributed by atoms with Crippen LogP contribution in [0.3, 0.4) is 0 Å². The zero-order chi connectivity index (χ0) is 10.3. The molecule has 0 radical (unpaired) electrons. The first-order valence-corrected chi connectivity index (χ1v) is 4.49. The van der Waals surface area contributed by atoms with Gasteiger partial charge < -0.3 is 10.6 Å². The lowest BCUT2D eigenvalue weighted by Crippen LogP contribution is -2.70. The van der Waals surface area contributed by atoms with Gasteiger partial charge in [-0.15, -0.1) is 0 Å². The van der Waals surface area contributed by atoms with Crippen LogP contribution in [0.15, 0.2) is 0 Å². The second-order valence-corrected chi connectivity index (χ2v) is 3.45. The summed E-state index contributed by atoms with van der Waals surface area (Å²) in [6.45, 7) is 2.86. The molecule has 6 heteroatoms. The second-order valence-electron chi connectivity index (χ2n) is 3.45. The standard InChI is InChI=1S/C8H11N3O3/c1-4-10-8(14)6(12)5-7(13)9-2-3-11(4)5/h4-5H,2-3H2,1H3,(H,9,13)(H,10,14). The average Bonchev–Trinajstić information content (AvgIpc) is 2.14. The van der Waals surface area contributed by atoms with Crippen LogP contribution in [0.1, 0.15) is 6.92 Å². The molecule has 0 aromatic rings. The molecule has 2 saturated heterocycles. The molecule has 0 aromatic heterocycles. The molecule has 76 valence electrons. The van der Waals surface area contributed by atoms with E-state index < -0.39 is 17.7 Å². The maximum absolute atomic E-state index is 11.4. The van der Waals surface area contributed by atoms with Gasteiger partial charge in [-0.3, -0.25) is 19.3 Å². The number of carbonyl (C=O) groups is 3. The number of fused-ring (bicyclic) bond motifs is 1. The maximum Gasteiger partial charge on any atom is 0.290 e. The Bertz CT molecular complexity index is 315. The van der Waals surface area contributed by atoms with Crippen LogP contribution in [-0.2, 0) is 14.4 Å². The highest BCUT2D eigenvalue weighted by molar-refractivity contribution is 6.42. The summed E-state index contributed by atoms with van der Waals surface area (Å²) in [5.74, 6) is -1.71. The Morgan fingerprint density at radius 3 is 2.79 bits per heavy atom. The Balaban J connectivity index is 2.30. The topological polar surface area (TPSA) is 78.5 Å². The number of nitrogens with one attached hydrogen (secondary N) is 2. The molecule has 2 amide bonds. The van der Waals surface area contributed by atoms with Gasteiger partial charge in [0, 0.05) is 13.1 Å². The van der Waals surface area contributed by atoms with E-state index in [1.54, 1.807) is 11.8 Å². The Kier molecular flexibility index (Phi) is 1.99. The van der Waals surface area contributed by atoms with E-state index in [0.717, 1.165) is 0 Å². The number of ketones is 1. The Hall–Kier alpha value is -1.43. The van der Waals surface area contributed by atoms with Gasteiger partial charge in [0.05, 0.1) is 6.17 Å². The van der Waals surface area contributed by atoms with Crippen LogP contribution in [-0.4, -0.2) is 47.8 Å². The molecule has 2 N–H and O–H groups in total. The summed E-state index contributed by atoms with van der Waals surface area (Å²) in [7, 11) is 0. The molecule has 0 aliphatic carbocycles. The summed E-state index contributed by atoms with van der Waals surface area (Å²) in [6.07, 6.45) is -0.253. The van der Waals surface area contributed by atoms with E-state index in [-0.39, 0.29) is 12.1 Å². The number of piperazine rings is 1. The van der Waals surface area contributed by atoms with Crippen molar-refractivity contribution < 1.29 is 14.4 Å². The largest absolute Gasteiger partial charge is 0.353 e. The monoisotopic (exact) mass is 197 g/mol. The highest BCUT2D eigenvalue weighted by Crippen LogP contribution is 2.13. The van der Waals surface area contributed by atoms with Crippen LogP contribution >= 0.6 is 0 Å². The molecule has 2 aliphatic heterocycles. The van der Waals surface area contributed by atoms with Crippen molar-refractivity contribution in [1.29, 1.82) is 0 Å². The van der Waals surface area contributed by atoms with E-state index in [2.05, 4.69) is 10.6 Å². The number of carbonyl (C=O) groups excluding carboxylic acids is 3. The normalized spacial score (nSPS) is 33.4. The first kappa shape index (κ1) is 9.14. The molecule has 0 spiro atoms. The Morgan fingerprint density at radius 2 is 2.07 bits per heavy atom. The molecule has 0 aromatic carbocycles. The Labute approximate surface area is 80.6 Å². The van der Waals surface area contributed by atoms with Crippen LogP contribution in [0.4, 0.5) is 0 Å². The van der Waals surface area contributed by atoms with E-state index in [9.17, 15) is 14.4 Å². The van der Waals surface area contributed by atoms with Gasteiger partial charge in [-0.25, -0.2) is 0 Å². The summed E-state index contributed by atoms with van der Waals surface area (Å²) in [5, 5.41) is 5.08. The average molecular weight is 197 g/mol. The van der Waals surface area contributed by atoms with Crippen LogP contribution < -0.4 is 10.6 Å². The smallest absolute Gasteiger partial charge is 0.290 e. The minimum atomic E-state index is -0.924. The van der Waals surface area contributed by atoms with Gasteiger partial charge in [-0.2, -0.15) is 0 Å². The van der Waals surface area contributed by atoms with E-state index in [4.69, 9.17) is 0 Å². The van der Waals surface area contributed by atoms with Crippen molar-refractivity contribution >= 4 is 17.6 Å². The summed E-state index contributed by atoms with van der Waals surface area (Å²) in [4.78, 5) is 35.6. The van der Waals surface area contributed by atoms with E-state index in [1.165, 1.54) is 0 Å². The zero-order valence-corrected chi connectivity index (χ0v) is 7.74. The third kappa shape index (κ3) is 1.19. The number of nitrogens with zero attached hydrogens (tertiary/aromatic N) is 1. The fourth-order valence-electron chi connectivity index (χ4n) is 1.84. The molecule has 2 atom stereocenters. The van der Waals surface area contributed by atoms with Gasteiger partial charge in [0.1, 0.15) is 0 Å². The fraction of sp³-hybridized carbons (Fsp3) is 0.625. The first-order chi connectivity index (χ1) is 6.61. The fourth-order valence-corrected chi connectivity index (χ4v) is 1.84. The van der Waals surface area contributed by atoms with Gasteiger partial charge in [-0.1, -0.05) is 0 Å². The molecule has 0 bridgehead atoms. The molecule has 14 heavy (non-hydrogen) atoms. The zero-order valence-electron chi connectivity index (χ0n) is 7.74. The molecular formula is C8H11N3O3. The van der Waals surface area contributed by atoms with Crippen molar-refractivity contribution in [2.45, 2.75) is 19.1 Å². The lowest BCUT2D eigenvalue weighted by Gasteiger charge is -2.41. The highest BCUT2D eigenvalue weighted by atomic mass is 16.2. The van der Waals surface area contributed by atoms with E-state index in [1.807, 2.05) is 0 Å².